The van der Waals surface area contributed by atoms with Crippen LogP contribution in [0.3, 0.4) is 0 Å². The van der Waals surface area contributed by atoms with Gasteiger partial charge >= 0.3 is 0 Å². The minimum absolute atomic E-state index is 0.0440. The highest BCUT2D eigenvalue weighted by atomic mass is 16.3. The van der Waals surface area contributed by atoms with Crippen LogP contribution in [0.1, 0.15) is 28.4 Å². The van der Waals surface area contributed by atoms with E-state index in [2.05, 4.69) is 0 Å². The van der Waals surface area contributed by atoms with E-state index in [0.717, 1.165) is 23.8 Å². The number of aldehydes is 1. The third-order valence-electron chi connectivity index (χ3n) is 1.92. The lowest BCUT2D eigenvalue weighted by atomic mass is 10.0. The number of aliphatic hydroxyl groups excluding tert-OH is 1. The van der Waals surface area contributed by atoms with Crippen molar-refractivity contribution < 1.29 is 9.90 Å². The van der Waals surface area contributed by atoms with Crippen LogP contribution in [-0.2, 0) is 13.0 Å². The molecule has 0 saturated heterocycles. The van der Waals surface area contributed by atoms with Crippen LogP contribution in [0.4, 0.5) is 0 Å². The van der Waals surface area contributed by atoms with E-state index in [-0.39, 0.29) is 6.61 Å². The largest absolute Gasteiger partial charge is 0.392 e. The summed E-state index contributed by atoms with van der Waals surface area (Å²) in [7, 11) is 0. The number of benzene rings is 1. The van der Waals surface area contributed by atoms with Crippen LogP contribution in [-0.4, -0.2) is 11.4 Å². The van der Waals surface area contributed by atoms with Gasteiger partial charge in [0.2, 0.25) is 0 Å². The lowest BCUT2D eigenvalue weighted by molar-refractivity contribution is 0.112. The van der Waals surface area contributed by atoms with Crippen LogP contribution < -0.4 is 0 Å². The van der Waals surface area contributed by atoms with Crippen molar-refractivity contribution in [1.29, 1.82) is 0 Å². The third-order valence-corrected chi connectivity index (χ3v) is 1.92. The molecule has 12 heavy (non-hydrogen) atoms. The molecule has 0 unspecified atom stereocenters. The number of hydrogen-bond acceptors (Lipinski definition) is 2. The Bertz CT molecular complexity index is 279. The number of carbonyl (C=O) groups is 1. The van der Waals surface area contributed by atoms with Crippen molar-refractivity contribution in [1.82, 2.24) is 0 Å². The Balaban J connectivity index is 3.10. The normalized spacial score (nSPS) is 9.83. The summed E-state index contributed by atoms with van der Waals surface area (Å²) in [5.74, 6) is 0. The number of carbonyl (C=O) groups excluding carboxylic acids is 1. The zero-order valence-corrected chi connectivity index (χ0v) is 7.08. The van der Waals surface area contributed by atoms with E-state index in [1.807, 2.05) is 13.0 Å². The first kappa shape index (κ1) is 8.94. The average Bonchev–Trinajstić information content (AvgIpc) is 2.16. The van der Waals surface area contributed by atoms with Gasteiger partial charge in [-0.3, -0.25) is 4.79 Å². The van der Waals surface area contributed by atoms with Gasteiger partial charge in [-0.2, -0.15) is 0 Å². The third kappa shape index (κ3) is 1.71. The summed E-state index contributed by atoms with van der Waals surface area (Å²) in [6.07, 6.45) is 1.66. The van der Waals surface area contributed by atoms with Crippen molar-refractivity contribution in [2.24, 2.45) is 0 Å². The summed E-state index contributed by atoms with van der Waals surface area (Å²) in [4.78, 5) is 10.4. The Morgan fingerprint density at radius 3 is 2.67 bits per heavy atom. The molecule has 1 aromatic carbocycles. The second kappa shape index (κ2) is 4.02. The monoisotopic (exact) mass is 164 g/mol. The molecule has 1 rings (SSSR count). The van der Waals surface area contributed by atoms with Crippen LogP contribution in [0.5, 0.6) is 0 Å². The van der Waals surface area contributed by atoms with Crippen molar-refractivity contribution in [3.63, 3.8) is 0 Å². The molecule has 64 valence electrons. The second-order valence-electron chi connectivity index (χ2n) is 2.66. The van der Waals surface area contributed by atoms with Gasteiger partial charge in [0.25, 0.3) is 0 Å². The predicted octanol–water partition coefficient (Wildman–Crippen LogP) is 1.55. The molecule has 0 atom stereocenters. The van der Waals surface area contributed by atoms with Gasteiger partial charge in [0.15, 0.2) is 0 Å². The quantitative estimate of drug-likeness (QED) is 0.688. The van der Waals surface area contributed by atoms with E-state index in [1.165, 1.54) is 0 Å². The van der Waals surface area contributed by atoms with Crippen LogP contribution >= 0.6 is 0 Å². The SMILES string of the molecule is CCc1cc(C=O)ccc1CO. The molecule has 1 aromatic rings. The zero-order valence-electron chi connectivity index (χ0n) is 7.08. The van der Waals surface area contributed by atoms with Crippen LogP contribution in [0.2, 0.25) is 0 Å². The Kier molecular flexibility index (Phi) is 3.00. The molecule has 0 aliphatic rings. The summed E-state index contributed by atoms with van der Waals surface area (Å²) < 4.78 is 0. The molecule has 0 aliphatic heterocycles. The van der Waals surface area contributed by atoms with Crippen molar-refractivity contribution in [2.45, 2.75) is 20.0 Å². The first-order chi connectivity index (χ1) is 5.81. The lowest BCUT2D eigenvalue weighted by Crippen LogP contribution is -1.93. The Labute approximate surface area is 71.8 Å². The molecular formula is C10H12O2. The van der Waals surface area contributed by atoms with Gasteiger partial charge in [-0.15, -0.1) is 0 Å². The van der Waals surface area contributed by atoms with E-state index < -0.39 is 0 Å². The molecule has 0 heterocycles. The summed E-state index contributed by atoms with van der Waals surface area (Å²) in [5.41, 5.74) is 2.62. The number of rotatable bonds is 3. The smallest absolute Gasteiger partial charge is 0.150 e. The highest BCUT2D eigenvalue weighted by Crippen LogP contribution is 2.11. The molecule has 0 fully saturated rings. The topological polar surface area (TPSA) is 37.3 Å². The minimum Gasteiger partial charge on any atom is -0.392 e. The lowest BCUT2D eigenvalue weighted by Gasteiger charge is -2.04. The summed E-state index contributed by atoms with van der Waals surface area (Å²) in [5, 5.41) is 8.92. The first-order valence-corrected chi connectivity index (χ1v) is 3.99. The molecule has 0 aromatic heterocycles. The fourth-order valence-corrected chi connectivity index (χ4v) is 1.20. The van der Waals surface area contributed by atoms with Gasteiger partial charge < -0.3 is 5.11 Å². The van der Waals surface area contributed by atoms with Gasteiger partial charge in [-0.05, 0) is 23.6 Å². The van der Waals surface area contributed by atoms with Crippen molar-refractivity contribution >= 4 is 6.29 Å². The highest BCUT2D eigenvalue weighted by Gasteiger charge is 1.99. The van der Waals surface area contributed by atoms with Gasteiger partial charge in [-0.25, -0.2) is 0 Å². The molecule has 0 saturated carbocycles. The van der Waals surface area contributed by atoms with E-state index in [1.54, 1.807) is 12.1 Å². The fraction of sp³-hybridized carbons (Fsp3) is 0.300. The van der Waals surface area contributed by atoms with E-state index in [4.69, 9.17) is 5.11 Å². The number of hydrogen-bond donors (Lipinski definition) is 1. The molecule has 0 spiro atoms. The first-order valence-electron chi connectivity index (χ1n) is 3.99. The molecule has 1 N–H and O–H groups in total. The Morgan fingerprint density at radius 2 is 2.17 bits per heavy atom. The molecule has 0 radical (unpaired) electrons. The van der Waals surface area contributed by atoms with E-state index in [0.29, 0.717) is 5.56 Å². The summed E-state index contributed by atoms with van der Waals surface area (Å²) >= 11 is 0. The van der Waals surface area contributed by atoms with Gasteiger partial charge in [0.1, 0.15) is 6.29 Å². The average molecular weight is 164 g/mol. The van der Waals surface area contributed by atoms with Crippen molar-refractivity contribution in [3.05, 3.63) is 34.9 Å². The maximum Gasteiger partial charge on any atom is 0.150 e. The maximum absolute atomic E-state index is 10.4. The molecular weight excluding hydrogens is 152 g/mol. The van der Waals surface area contributed by atoms with E-state index in [9.17, 15) is 4.79 Å². The minimum atomic E-state index is 0.0440. The summed E-state index contributed by atoms with van der Waals surface area (Å²) in [6, 6.07) is 5.33. The van der Waals surface area contributed by atoms with Crippen molar-refractivity contribution in [2.75, 3.05) is 0 Å². The predicted molar refractivity (Wildman–Crippen MR) is 47.1 cm³/mol. The van der Waals surface area contributed by atoms with Crippen LogP contribution in [0.15, 0.2) is 18.2 Å². The number of aliphatic hydroxyl groups is 1. The Hall–Kier alpha value is -1.15. The zero-order chi connectivity index (χ0) is 8.97. The fourth-order valence-electron chi connectivity index (χ4n) is 1.20. The maximum atomic E-state index is 10.4. The number of aryl methyl sites for hydroxylation is 1. The van der Waals surface area contributed by atoms with Gasteiger partial charge in [0.05, 0.1) is 6.61 Å². The van der Waals surface area contributed by atoms with Crippen molar-refractivity contribution in [3.8, 4) is 0 Å². The van der Waals surface area contributed by atoms with Crippen LogP contribution in [0.25, 0.3) is 0 Å². The molecule has 0 amide bonds. The van der Waals surface area contributed by atoms with Gasteiger partial charge in [0, 0.05) is 5.56 Å². The molecule has 0 aliphatic carbocycles. The Morgan fingerprint density at radius 1 is 1.42 bits per heavy atom. The van der Waals surface area contributed by atoms with Gasteiger partial charge in [-0.1, -0.05) is 19.1 Å². The molecule has 2 heteroatoms. The van der Waals surface area contributed by atoms with Crippen LogP contribution in [0, 0.1) is 0 Å². The standard InChI is InChI=1S/C10H12O2/c1-2-9-5-8(6-11)3-4-10(9)7-12/h3-6,12H,2,7H2,1H3. The van der Waals surface area contributed by atoms with E-state index >= 15 is 0 Å². The second-order valence-corrected chi connectivity index (χ2v) is 2.66. The highest BCUT2D eigenvalue weighted by molar-refractivity contribution is 5.75. The molecule has 0 bridgehead atoms. The molecule has 2 nitrogen and oxygen atoms in total. The summed E-state index contributed by atoms with van der Waals surface area (Å²) in [6.45, 7) is 2.05.